The Morgan fingerprint density at radius 1 is 1.30 bits per heavy atom. The van der Waals surface area contributed by atoms with Gasteiger partial charge in [0.2, 0.25) is 0 Å². The molecule has 0 aliphatic carbocycles. The number of ether oxygens (including phenoxy) is 1. The zero-order chi connectivity index (χ0) is 16.2. The Balaban J connectivity index is 1.74. The van der Waals surface area contributed by atoms with Crippen molar-refractivity contribution in [2.75, 3.05) is 26.3 Å². The van der Waals surface area contributed by atoms with Gasteiger partial charge in [0.25, 0.3) is 0 Å². The number of hydrogen-bond donors (Lipinski definition) is 0. The summed E-state index contributed by atoms with van der Waals surface area (Å²) >= 11 is 0. The first-order valence-corrected chi connectivity index (χ1v) is 7.08. The Bertz CT molecular complexity index is 719. The van der Waals surface area contributed by atoms with E-state index in [0.717, 1.165) is 18.9 Å². The van der Waals surface area contributed by atoms with Gasteiger partial charge in [-0.25, -0.2) is 15.0 Å². The van der Waals surface area contributed by atoms with Crippen LogP contribution in [0.5, 0.6) is 0 Å². The van der Waals surface area contributed by atoms with Crippen molar-refractivity contribution in [3.05, 3.63) is 34.6 Å². The molecule has 9 nitrogen and oxygen atoms in total. The van der Waals surface area contributed by atoms with Crippen molar-refractivity contribution in [1.82, 2.24) is 14.9 Å². The summed E-state index contributed by atoms with van der Waals surface area (Å²) in [6, 6.07) is 2.74. The van der Waals surface area contributed by atoms with Crippen molar-refractivity contribution >= 4 is 17.4 Å². The molecule has 2 aromatic rings. The van der Waals surface area contributed by atoms with E-state index in [1.807, 2.05) is 6.92 Å². The average molecular weight is 317 g/mol. The van der Waals surface area contributed by atoms with Crippen LogP contribution in [0.15, 0.2) is 33.9 Å². The summed E-state index contributed by atoms with van der Waals surface area (Å²) in [4.78, 5) is 24.9. The number of amidine groups is 1. The van der Waals surface area contributed by atoms with E-state index >= 15 is 0 Å². The van der Waals surface area contributed by atoms with E-state index in [2.05, 4.69) is 19.9 Å². The predicted octanol–water partition coefficient (Wildman–Crippen LogP) is 2.03. The van der Waals surface area contributed by atoms with Crippen LogP contribution in [0.3, 0.4) is 0 Å². The average Bonchev–Trinajstić information content (AvgIpc) is 3.07. The smallest absolute Gasteiger partial charge is 0.397 e. The van der Waals surface area contributed by atoms with Crippen molar-refractivity contribution in [3.63, 3.8) is 0 Å². The van der Waals surface area contributed by atoms with Crippen molar-refractivity contribution < 1.29 is 14.1 Å². The van der Waals surface area contributed by atoms with E-state index in [4.69, 9.17) is 9.15 Å². The minimum absolute atomic E-state index is 0.247. The molecule has 1 aliphatic heterocycles. The number of nitrogens with zero attached hydrogens (tertiary/aromatic N) is 5. The van der Waals surface area contributed by atoms with Crippen LogP contribution < -0.4 is 0 Å². The summed E-state index contributed by atoms with van der Waals surface area (Å²) in [5, 5.41) is 10.6. The topological polar surface area (TPSA) is 107 Å². The first kappa shape index (κ1) is 15.1. The molecule has 1 aliphatic rings. The minimum atomic E-state index is -0.603. The molecule has 3 rings (SSSR count). The normalized spacial score (nSPS) is 15.7. The van der Waals surface area contributed by atoms with Gasteiger partial charge < -0.3 is 14.1 Å². The summed E-state index contributed by atoms with van der Waals surface area (Å²) in [6.45, 7) is 4.93. The van der Waals surface area contributed by atoms with Crippen molar-refractivity contribution in [2.45, 2.75) is 6.92 Å². The van der Waals surface area contributed by atoms with Crippen LogP contribution in [-0.2, 0) is 4.74 Å². The molecule has 2 aromatic heterocycles. The van der Waals surface area contributed by atoms with Gasteiger partial charge in [0.1, 0.15) is 16.4 Å². The monoisotopic (exact) mass is 317 g/mol. The number of aliphatic imine (C=N–C) groups is 1. The quantitative estimate of drug-likeness (QED) is 0.369. The van der Waals surface area contributed by atoms with Crippen molar-refractivity contribution in [2.24, 2.45) is 4.99 Å². The molecule has 0 atom stereocenters. The molecule has 9 heteroatoms. The molecule has 23 heavy (non-hydrogen) atoms. The molecule has 0 radical (unpaired) electrons. The molecule has 0 aromatic carbocycles. The van der Waals surface area contributed by atoms with E-state index in [-0.39, 0.29) is 17.5 Å². The molecule has 0 saturated carbocycles. The fourth-order valence-electron chi connectivity index (χ4n) is 2.20. The highest BCUT2D eigenvalue weighted by atomic mass is 16.6. The van der Waals surface area contributed by atoms with Gasteiger partial charge in [-0.05, 0) is 13.0 Å². The van der Waals surface area contributed by atoms with Gasteiger partial charge in [-0.3, -0.25) is 10.1 Å². The lowest BCUT2D eigenvalue weighted by Gasteiger charge is -2.28. The first-order valence-electron chi connectivity index (χ1n) is 7.08. The number of nitro groups is 1. The van der Waals surface area contributed by atoms with Gasteiger partial charge in [-0.2, -0.15) is 0 Å². The lowest BCUT2D eigenvalue weighted by molar-refractivity contribution is -0.401. The van der Waals surface area contributed by atoms with Gasteiger partial charge in [0.15, 0.2) is 11.6 Å². The fraction of sp³-hybridized carbons (Fsp3) is 0.357. The number of aromatic nitrogens is 2. The summed E-state index contributed by atoms with van der Waals surface area (Å²) in [5.74, 6) is 1.06. The number of hydrogen-bond acceptors (Lipinski definition) is 7. The second kappa shape index (κ2) is 6.53. The van der Waals surface area contributed by atoms with E-state index < -0.39 is 4.92 Å². The molecular weight excluding hydrogens is 302 g/mol. The fourth-order valence-corrected chi connectivity index (χ4v) is 2.20. The molecule has 120 valence electrons. The molecule has 0 N–H and O–H groups in total. The summed E-state index contributed by atoms with van der Waals surface area (Å²) in [5.41, 5.74) is 0.610. The molecule has 0 unspecified atom stereocenters. The highest BCUT2D eigenvalue weighted by molar-refractivity contribution is 5.82. The second-order valence-corrected chi connectivity index (χ2v) is 4.92. The van der Waals surface area contributed by atoms with Crippen LogP contribution in [0.4, 0.5) is 11.6 Å². The SMILES string of the molecule is C/C(=N\c1cnc(-c2ccc([N+](=O)[O-])o2)nc1)N1CCOCC1. The zero-order valence-corrected chi connectivity index (χ0v) is 12.5. The van der Waals surface area contributed by atoms with Crippen LogP contribution in [0.1, 0.15) is 6.92 Å². The molecular formula is C14H15N5O4. The van der Waals surface area contributed by atoms with Crippen LogP contribution in [0.25, 0.3) is 11.6 Å². The molecule has 3 heterocycles. The standard InChI is InChI=1S/C14H15N5O4/c1-10(18-4-6-22-7-5-18)17-11-8-15-14(16-9-11)12-2-3-13(23-12)19(20)21/h2-3,8-9H,4-7H2,1H3/b17-10+. The minimum Gasteiger partial charge on any atom is -0.397 e. The van der Waals surface area contributed by atoms with Crippen molar-refractivity contribution in [1.29, 1.82) is 0 Å². The molecule has 1 fully saturated rings. The van der Waals surface area contributed by atoms with E-state index in [0.29, 0.717) is 18.9 Å². The van der Waals surface area contributed by atoms with Gasteiger partial charge in [-0.1, -0.05) is 0 Å². The number of furan rings is 1. The van der Waals surface area contributed by atoms with Gasteiger partial charge in [0.05, 0.1) is 31.7 Å². The van der Waals surface area contributed by atoms with Crippen molar-refractivity contribution in [3.8, 4) is 11.6 Å². The van der Waals surface area contributed by atoms with Gasteiger partial charge in [0, 0.05) is 13.1 Å². The number of morpholine rings is 1. The predicted molar refractivity (Wildman–Crippen MR) is 81.5 cm³/mol. The molecule has 1 saturated heterocycles. The highest BCUT2D eigenvalue weighted by Gasteiger charge is 2.15. The summed E-state index contributed by atoms with van der Waals surface area (Å²) < 4.78 is 10.4. The van der Waals surface area contributed by atoms with Gasteiger partial charge in [-0.15, -0.1) is 0 Å². The van der Waals surface area contributed by atoms with Crippen LogP contribution in [0, 0.1) is 10.1 Å². The second-order valence-electron chi connectivity index (χ2n) is 4.92. The number of rotatable bonds is 3. The van der Waals surface area contributed by atoms with E-state index in [1.165, 1.54) is 12.1 Å². The molecule has 0 bridgehead atoms. The highest BCUT2D eigenvalue weighted by Crippen LogP contribution is 2.23. The Morgan fingerprint density at radius 2 is 2.00 bits per heavy atom. The maximum Gasteiger partial charge on any atom is 0.433 e. The Kier molecular flexibility index (Phi) is 4.29. The van der Waals surface area contributed by atoms with E-state index in [1.54, 1.807) is 12.4 Å². The summed E-state index contributed by atoms with van der Waals surface area (Å²) in [7, 11) is 0. The lowest BCUT2D eigenvalue weighted by atomic mass is 10.4. The largest absolute Gasteiger partial charge is 0.433 e. The van der Waals surface area contributed by atoms with Crippen LogP contribution in [0.2, 0.25) is 0 Å². The Morgan fingerprint density at radius 3 is 2.61 bits per heavy atom. The maximum atomic E-state index is 10.6. The van der Waals surface area contributed by atoms with E-state index in [9.17, 15) is 10.1 Å². The van der Waals surface area contributed by atoms with Crippen LogP contribution >= 0.6 is 0 Å². The third-order valence-electron chi connectivity index (χ3n) is 3.39. The van der Waals surface area contributed by atoms with Crippen LogP contribution in [-0.4, -0.2) is 51.9 Å². The Labute approximate surface area is 131 Å². The third-order valence-corrected chi connectivity index (χ3v) is 3.39. The third kappa shape index (κ3) is 3.51. The maximum absolute atomic E-state index is 10.6. The molecule has 0 spiro atoms. The Hall–Kier alpha value is -2.81. The first-order chi connectivity index (χ1) is 11.1. The molecule has 0 amide bonds. The zero-order valence-electron chi connectivity index (χ0n) is 12.5. The summed E-state index contributed by atoms with van der Waals surface area (Å²) in [6.07, 6.45) is 3.11. The van der Waals surface area contributed by atoms with Gasteiger partial charge >= 0.3 is 5.88 Å². The lowest BCUT2D eigenvalue weighted by Crippen LogP contribution is -2.39.